The summed E-state index contributed by atoms with van der Waals surface area (Å²) in [5.74, 6) is -0.524. The lowest BCUT2D eigenvalue weighted by Crippen LogP contribution is -2.16. The van der Waals surface area contributed by atoms with Gasteiger partial charge in [-0.1, -0.05) is 6.07 Å². The van der Waals surface area contributed by atoms with Gasteiger partial charge in [0.15, 0.2) is 0 Å². The average molecular weight is 357 g/mol. The number of aryl methyl sites for hydroxylation is 3. The second kappa shape index (κ2) is 7.40. The Morgan fingerprint density at radius 3 is 2.64 bits per heavy atom. The quantitative estimate of drug-likeness (QED) is 0.809. The van der Waals surface area contributed by atoms with Crippen LogP contribution in [0.5, 0.6) is 0 Å². The molecule has 0 fully saturated rings. The Labute approximate surface area is 152 Å². The highest BCUT2D eigenvalue weighted by Gasteiger charge is 2.27. The van der Waals surface area contributed by atoms with E-state index in [1.165, 1.54) is 16.2 Å². The number of nitrogens with one attached hydrogen (secondary N) is 1. The molecule has 0 atom stereocenters. The number of hydrogen-bond donors (Lipinski definition) is 1. The van der Waals surface area contributed by atoms with E-state index in [-0.39, 0.29) is 11.9 Å². The van der Waals surface area contributed by atoms with Gasteiger partial charge in [0.25, 0.3) is 5.91 Å². The molecule has 0 radical (unpaired) electrons. The first-order chi connectivity index (χ1) is 12.0. The summed E-state index contributed by atoms with van der Waals surface area (Å²) in [6.45, 7) is 6.13. The molecule has 1 aromatic carbocycles. The average Bonchev–Trinajstić information content (AvgIpc) is 2.95. The van der Waals surface area contributed by atoms with Crippen LogP contribution in [0.2, 0.25) is 0 Å². The van der Waals surface area contributed by atoms with E-state index in [2.05, 4.69) is 5.32 Å². The van der Waals surface area contributed by atoms with E-state index in [1.807, 2.05) is 32.0 Å². The van der Waals surface area contributed by atoms with Gasteiger partial charge in [0, 0.05) is 10.4 Å². The fraction of sp³-hybridized carbons (Fsp3) is 0.400. The van der Waals surface area contributed by atoms with E-state index in [9.17, 15) is 9.59 Å². The molecule has 1 aliphatic rings. The van der Waals surface area contributed by atoms with Crippen LogP contribution >= 0.6 is 11.3 Å². The number of fused-ring (bicyclic) bond motifs is 1. The van der Waals surface area contributed by atoms with Crippen molar-refractivity contribution in [2.75, 3.05) is 11.9 Å². The number of esters is 1. The molecule has 0 aliphatic heterocycles. The highest BCUT2D eigenvalue weighted by atomic mass is 32.1. The van der Waals surface area contributed by atoms with Crippen LogP contribution in [-0.4, -0.2) is 18.5 Å². The predicted molar refractivity (Wildman–Crippen MR) is 101 cm³/mol. The first-order valence-electron chi connectivity index (χ1n) is 8.71. The van der Waals surface area contributed by atoms with Gasteiger partial charge in [-0.15, -0.1) is 11.3 Å². The van der Waals surface area contributed by atoms with Crippen LogP contribution in [-0.2, 0) is 17.6 Å². The normalized spacial score (nSPS) is 13.2. The van der Waals surface area contributed by atoms with Crippen LogP contribution in [0.15, 0.2) is 18.2 Å². The molecule has 1 heterocycles. The van der Waals surface area contributed by atoms with Crippen LogP contribution in [0.1, 0.15) is 62.0 Å². The highest BCUT2D eigenvalue weighted by Crippen LogP contribution is 2.38. The lowest BCUT2D eigenvalue weighted by molar-refractivity contribution is 0.0526. The highest BCUT2D eigenvalue weighted by molar-refractivity contribution is 7.17. The predicted octanol–water partition coefficient (Wildman–Crippen LogP) is 4.67. The standard InChI is InChI=1S/C20H23NO3S/c1-4-24-20(23)17-15-7-5-6-8-16(15)25-19(17)21-18(22)14-10-9-12(2)13(3)11-14/h9-11H,4-8H2,1-3H3,(H,21,22). The van der Waals surface area contributed by atoms with Gasteiger partial charge in [-0.2, -0.15) is 0 Å². The summed E-state index contributed by atoms with van der Waals surface area (Å²) in [6.07, 6.45) is 4.03. The minimum Gasteiger partial charge on any atom is -0.462 e. The van der Waals surface area contributed by atoms with E-state index >= 15 is 0 Å². The van der Waals surface area contributed by atoms with Crippen molar-refractivity contribution >= 4 is 28.2 Å². The van der Waals surface area contributed by atoms with E-state index in [1.54, 1.807) is 6.92 Å². The van der Waals surface area contributed by atoms with Gasteiger partial charge in [0.2, 0.25) is 0 Å². The summed E-state index contributed by atoms with van der Waals surface area (Å²) in [5, 5.41) is 3.57. The maximum atomic E-state index is 12.7. The fourth-order valence-corrected chi connectivity index (χ4v) is 4.40. The zero-order chi connectivity index (χ0) is 18.0. The third kappa shape index (κ3) is 3.61. The van der Waals surface area contributed by atoms with Crippen LogP contribution in [0.3, 0.4) is 0 Å². The Morgan fingerprint density at radius 2 is 1.92 bits per heavy atom. The Kier molecular flexibility index (Phi) is 5.23. The largest absolute Gasteiger partial charge is 0.462 e. The van der Waals surface area contributed by atoms with Gasteiger partial charge in [-0.05, 0) is 75.3 Å². The van der Waals surface area contributed by atoms with Crippen molar-refractivity contribution in [3.05, 3.63) is 50.9 Å². The first kappa shape index (κ1) is 17.7. The van der Waals surface area contributed by atoms with Crippen molar-refractivity contribution in [1.29, 1.82) is 0 Å². The zero-order valence-electron chi connectivity index (χ0n) is 14.9. The van der Waals surface area contributed by atoms with Crippen LogP contribution in [0.4, 0.5) is 5.00 Å². The van der Waals surface area contributed by atoms with Crippen molar-refractivity contribution in [2.45, 2.75) is 46.5 Å². The Bertz CT molecular complexity index is 823. The van der Waals surface area contributed by atoms with Crippen molar-refractivity contribution in [2.24, 2.45) is 0 Å². The molecule has 1 aromatic heterocycles. The Hall–Kier alpha value is -2.14. The monoisotopic (exact) mass is 357 g/mol. The molecule has 1 aliphatic carbocycles. The summed E-state index contributed by atoms with van der Waals surface area (Å²) in [4.78, 5) is 26.3. The van der Waals surface area contributed by atoms with E-state index < -0.39 is 0 Å². The first-order valence-corrected chi connectivity index (χ1v) is 9.53. The lowest BCUT2D eigenvalue weighted by atomic mass is 9.95. The zero-order valence-corrected chi connectivity index (χ0v) is 15.7. The Balaban J connectivity index is 1.93. The van der Waals surface area contributed by atoms with E-state index in [0.717, 1.165) is 42.4 Å². The molecule has 0 spiro atoms. The van der Waals surface area contributed by atoms with Gasteiger partial charge in [0.1, 0.15) is 5.00 Å². The number of hydrogen-bond acceptors (Lipinski definition) is 4. The maximum absolute atomic E-state index is 12.7. The summed E-state index contributed by atoms with van der Waals surface area (Å²) in [5.41, 5.74) is 4.44. The van der Waals surface area contributed by atoms with Crippen molar-refractivity contribution in [1.82, 2.24) is 0 Å². The fourth-order valence-electron chi connectivity index (χ4n) is 3.13. The molecule has 1 N–H and O–H groups in total. The third-order valence-electron chi connectivity index (χ3n) is 4.65. The van der Waals surface area contributed by atoms with Gasteiger partial charge in [0.05, 0.1) is 12.2 Å². The maximum Gasteiger partial charge on any atom is 0.341 e. The number of rotatable bonds is 4. The molecule has 0 saturated heterocycles. The second-order valence-electron chi connectivity index (χ2n) is 6.39. The van der Waals surface area contributed by atoms with Gasteiger partial charge < -0.3 is 10.1 Å². The molecule has 0 unspecified atom stereocenters. The van der Waals surface area contributed by atoms with Gasteiger partial charge in [-0.25, -0.2) is 4.79 Å². The Morgan fingerprint density at radius 1 is 1.16 bits per heavy atom. The molecule has 132 valence electrons. The number of carbonyl (C=O) groups excluding carboxylic acids is 2. The second-order valence-corrected chi connectivity index (χ2v) is 7.49. The molecule has 3 rings (SSSR count). The molecular weight excluding hydrogens is 334 g/mol. The lowest BCUT2D eigenvalue weighted by Gasteiger charge is -2.12. The summed E-state index contributed by atoms with van der Waals surface area (Å²) in [7, 11) is 0. The van der Waals surface area contributed by atoms with Crippen molar-refractivity contribution in [3.8, 4) is 0 Å². The van der Waals surface area contributed by atoms with Crippen LogP contribution < -0.4 is 5.32 Å². The van der Waals surface area contributed by atoms with Gasteiger partial charge >= 0.3 is 5.97 Å². The van der Waals surface area contributed by atoms with Gasteiger partial charge in [-0.3, -0.25) is 4.79 Å². The molecule has 1 amide bonds. The number of ether oxygens (including phenoxy) is 1. The number of benzene rings is 1. The topological polar surface area (TPSA) is 55.4 Å². The molecule has 0 bridgehead atoms. The summed E-state index contributed by atoms with van der Waals surface area (Å²) >= 11 is 1.51. The number of carbonyl (C=O) groups is 2. The molecular formula is C20H23NO3S. The molecule has 0 saturated carbocycles. The molecule has 4 nitrogen and oxygen atoms in total. The molecule has 2 aromatic rings. The van der Waals surface area contributed by atoms with Crippen LogP contribution in [0, 0.1) is 13.8 Å². The van der Waals surface area contributed by atoms with Crippen molar-refractivity contribution < 1.29 is 14.3 Å². The molecule has 25 heavy (non-hydrogen) atoms. The van der Waals surface area contributed by atoms with Crippen LogP contribution in [0.25, 0.3) is 0 Å². The minimum atomic E-state index is -0.336. The number of amides is 1. The van der Waals surface area contributed by atoms with Crippen molar-refractivity contribution in [3.63, 3.8) is 0 Å². The summed E-state index contributed by atoms with van der Waals surface area (Å²) < 4.78 is 5.23. The van der Waals surface area contributed by atoms with E-state index in [4.69, 9.17) is 4.74 Å². The summed E-state index contributed by atoms with van der Waals surface area (Å²) in [6, 6.07) is 5.63. The molecule has 5 heteroatoms. The smallest absolute Gasteiger partial charge is 0.341 e. The van der Waals surface area contributed by atoms with E-state index in [0.29, 0.717) is 22.7 Å². The minimum absolute atomic E-state index is 0.188. The SMILES string of the molecule is CCOC(=O)c1c(NC(=O)c2ccc(C)c(C)c2)sc2c1CCCC2. The number of anilines is 1. The number of thiophene rings is 1. The third-order valence-corrected chi connectivity index (χ3v) is 5.85.